The minimum Gasteiger partial charge on any atom is -0.345 e. The lowest BCUT2D eigenvalue weighted by Crippen LogP contribution is -2.22. The Bertz CT molecular complexity index is 188. The number of rotatable bonds is 0. The van der Waals surface area contributed by atoms with E-state index < -0.39 is 0 Å². The predicted molar refractivity (Wildman–Crippen MR) is 51.4 cm³/mol. The van der Waals surface area contributed by atoms with Crippen LogP contribution < -0.4 is 0 Å². The molecule has 0 N–H and O–H groups in total. The maximum Gasteiger partial charge on any atom is 0.163 e. The molecule has 1 heterocycles. The van der Waals surface area contributed by atoms with E-state index in [1.54, 1.807) is 0 Å². The average Bonchev–Trinajstić information content (AvgIpc) is 2.27. The molecule has 0 aromatic carbocycles. The molecule has 1 fully saturated rings. The van der Waals surface area contributed by atoms with Gasteiger partial charge >= 0.3 is 0 Å². The van der Waals surface area contributed by atoms with Crippen LogP contribution in [0.4, 0.5) is 0 Å². The Morgan fingerprint density at radius 1 is 1.00 bits per heavy atom. The van der Waals surface area contributed by atoms with Gasteiger partial charge in [0, 0.05) is 0 Å². The van der Waals surface area contributed by atoms with Gasteiger partial charge in [-0.2, -0.15) is 0 Å². The fourth-order valence-electron chi connectivity index (χ4n) is 2.15. The number of hydrogen-bond acceptors (Lipinski definition) is 2. The van der Waals surface area contributed by atoms with Crippen LogP contribution in [0.25, 0.3) is 0 Å². The molecule has 1 saturated heterocycles. The molecule has 2 heteroatoms. The van der Waals surface area contributed by atoms with Gasteiger partial charge in [-0.15, -0.1) is 0 Å². The zero-order valence-corrected chi connectivity index (χ0v) is 8.45. The second kappa shape index (κ2) is 3.43. The normalized spacial score (nSPS) is 40.5. The van der Waals surface area contributed by atoms with Crippen LogP contribution in [0, 0.1) is 0 Å². The predicted octanol–water partition coefficient (Wildman–Crippen LogP) is 2.64. The number of ether oxygens (including phenoxy) is 2. The van der Waals surface area contributed by atoms with Gasteiger partial charge in [0.1, 0.15) is 0 Å². The third kappa shape index (κ3) is 2.12. The molecule has 0 saturated carbocycles. The van der Waals surface area contributed by atoms with Crippen molar-refractivity contribution >= 4 is 0 Å². The lowest BCUT2D eigenvalue weighted by molar-refractivity contribution is -0.146. The fraction of sp³-hybridized carbons (Fsp3) is 0.818. The van der Waals surface area contributed by atoms with Crippen LogP contribution in [-0.4, -0.2) is 18.0 Å². The Labute approximate surface area is 79.9 Å². The third-order valence-electron chi connectivity index (χ3n) is 2.69. The van der Waals surface area contributed by atoms with Crippen LogP contribution >= 0.6 is 0 Å². The van der Waals surface area contributed by atoms with Gasteiger partial charge in [0.05, 0.1) is 12.2 Å². The first-order chi connectivity index (χ1) is 6.17. The molecule has 74 valence electrons. The van der Waals surface area contributed by atoms with Crippen molar-refractivity contribution in [2.24, 2.45) is 0 Å². The average molecular weight is 182 g/mol. The van der Waals surface area contributed by atoms with E-state index in [1.165, 1.54) is 0 Å². The maximum absolute atomic E-state index is 5.83. The molecule has 2 aliphatic rings. The van der Waals surface area contributed by atoms with Gasteiger partial charge < -0.3 is 9.47 Å². The highest BCUT2D eigenvalue weighted by Crippen LogP contribution is 2.33. The Kier molecular flexibility index (Phi) is 2.43. The quantitative estimate of drug-likeness (QED) is 0.536. The van der Waals surface area contributed by atoms with Gasteiger partial charge in [-0.1, -0.05) is 12.2 Å². The summed E-state index contributed by atoms with van der Waals surface area (Å²) in [5.74, 6) is -0.361. The van der Waals surface area contributed by atoms with Gasteiger partial charge in [-0.3, -0.25) is 0 Å². The summed E-state index contributed by atoms with van der Waals surface area (Å²) in [5, 5.41) is 0. The van der Waals surface area contributed by atoms with Crippen LogP contribution in [-0.2, 0) is 9.47 Å². The van der Waals surface area contributed by atoms with Gasteiger partial charge in [0.25, 0.3) is 0 Å². The van der Waals surface area contributed by atoms with Crippen molar-refractivity contribution in [2.75, 3.05) is 0 Å². The van der Waals surface area contributed by atoms with Crippen molar-refractivity contribution in [3.63, 3.8) is 0 Å². The van der Waals surface area contributed by atoms with Gasteiger partial charge in [-0.05, 0) is 39.5 Å². The van der Waals surface area contributed by atoms with E-state index in [4.69, 9.17) is 9.47 Å². The monoisotopic (exact) mass is 182 g/mol. The summed E-state index contributed by atoms with van der Waals surface area (Å²) >= 11 is 0. The second-order valence-electron chi connectivity index (χ2n) is 4.34. The Balaban J connectivity index is 2.03. The summed E-state index contributed by atoms with van der Waals surface area (Å²) < 4.78 is 11.7. The highest BCUT2D eigenvalue weighted by atomic mass is 16.7. The van der Waals surface area contributed by atoms with E-state index in [-0.39, 0.29) is 5.79 Å². The van der Waals surface area contributed by atoms with Gasteiger partial charge in [-0.25, -0.2) is 0 Å². The molecular weight excluding hydrogens is 164 g/mol. The summed E-state index contributed by atoms with van der Waals surface area (Å²) in [4.78, 5) is 0. The first-order valence-electron chi connectivity index (χ1n) is 5.18. The molecule has 0 bridgehead atoms. The van der Waals surface area contributed by atoms with Crippen molar-refractivity contribution in [2.45, 2.75) is 57.5 Å². The van der Waals surface area contributed by atoms with Gasteiger partial charge in [0.15, 0.2) is 5.79 Å². The van der Waals surface area contributed by atoms with Crippen molar-refractivity contribution in [3.05, 3.63) is 12.2 Å². The van der Waals surface area contributed by atoms with E-state index in [0.717, 1.165) is 25.7 Å². The van der Waals surface area contributed by atoms with Gasteiger partial charge in [0.2, 0.25) is 0 Å². The second-order valence-corrected chi connectivity index (χ2v) is 4.34. The first kappa shape index (κ1) is 9.22. The molecule has 2 rings (SSSR count). The number of hydrogen-bond donors (Lipinski definition) is 0. The van der Waals surface area contributed by atoms with E-state index in [9.17, 15) is 0 Å². The van der Waals surface area contributed by atoms with Crippen molar-refractivity contribution in [1.82, 2.24) is 0 Å². The summed E-state index contributed by atoms with van der Waals surface area (Å²) in [6.45, 7) is 4.01. The smallest absolute Gasteiger partial charge is 0.163 e. The fourth-order valence-corrected chi connectivity index (χ4v) is 2.15. The molecule has 2 atom stereocenters. The Morgan fingerprint density at radius 3 is 1.92 bits per heavy atom. The molecule has 0 amide bonds. The molecule has 0 radical (unpaired) electrons. The topological polar surface area (TPSA) is 18.5 Å². The molecule has 13 heavy (non-hydrogen) atoms. The largest absolute Gasteiger partial charge is 0.345 e. The van der Waals surface area contributed by atoms with E-state index >= 15 is 0 Å². The lowest BCUT2D eigenvalue weighted by atomic mass is 10.0. The Hall–Kier alpha value is -0.340. The summed E-state index contributed by atoms with van der Waals surface area (Å²) in [5.41, 5.74) is 0. The number of allylic oxidation sites excluding steroid dienone is 2. The van der Waals surface area contributed by atoms with Crippen LogP contribution in [0.5, 0.6) is 0 Å². The van der Waals surface area contributed by atoms with Crippen LogP contribution in [0.2, 0.25) is 0 Å². The van der Waals surface area contributed by atoms with E-state index in [2.05, 4.69) is 12.2 Å². The molecular formula is C11H18O2. The maximum atomic E-state index is 5.83. The van der Waals surface area contributed by atoms with E-state index in [1.807, 2.05) is 13.8 Å². The van der Waals surface area contributed by atoms with Crippen LogP contribution in [0.15, 0.2) is 12.2 Å². The van der Waals surface area contributed by atoms with Crippen molar-refractivity contribution in [1.29, 1.82) is 0 Å². The van der Waals surface area contributed by atoms with E-state index in [0.29, 0.717) is 12.2 Å². The molecule has 1 aliphatic carbocycles. The highest BCUT2D eigenvalue weighted by molar-refractivity contribution is 4.91. The molecule has 0 spiro atoms. The summed E-state index contributed by atoms with van der Waals surface area (Å²) in [6, 6.07) is 0. The number of fused-ring (bicyclic) bond motifs is 1. The van der Waals surface area contributed by atoms with Crippen molar-refractivity contribution in [3.8, 4) is 0 Å². The zero-order valence-electron chi connectivity index (χ0n) is 8.45. The SMILES string of the molecule is CC1(C)O[C@@H]2CC/C=C/CC[C@H]2O1. The highest BCUT2D eigenvalue weighted by Gasteiger charge is 2.40. The third-order valence-corrected chi connectivity index (χ3v) is 2.69. The van der Waals surface area contributed by atoms with Crippen LogP contribution in [0.1, 0.15) is 39.5 Å². The molecule has 0 aromatic heterocycles. The zero-order chi connectivity index (χ0) is 9.31. The molecule has 2 nitrogen and oxygen atoms in total. The minimum absolute atomic E-state index is 0.319. The Morgan fingerprint density at radius 2 is 1.46 bits per heavy atom. The summed E-state index contributed by atoms with van der Waals surface area (Å²) in [7, 11) is 0. The summed E-state index contributed by atoms with van der Waals surface area (Å²) in [6.07, 6.45) is 9.60. The molecule has 0 unspecified atom stereocenters. The molecule has 1 aliphatic heterocycles. The van der Waals surface area contributed by atoms with Crippen LogP contribution in [0.3, 0.4) is 0 Å². The molecule has 0 aromatic rings. The van der Waals surface area contributed by atoms with Crippen molar-refractivity contribution < 1.29 is 9.47 Å². The first-order valence-corrected chi connectivity index (χ1v) is 5.18. The standard InChI is InChI=1S/C11H18O2/c1-11(2)12-9-7-5-3-4-6-8-10(9)13-11/h3-4,9-10H,5-8H2,1-2H3/b4-3+/t9-,10-/m1/s1. The minimum atomic E-state index is -0.361. The lowest BCUT2D eigenvalue weighted by Gasteiger charge is -2.16.